The molecule has 0 heterocycles. The first-order valence-corrected chi connectivity index (χ1v) is 9.41. The number of thiol groups is 1. The first-order chi connectivity index (χ1) is 13.3. The van der Waals surface area contributed by atoms with Gasteiger partial charge in [0.25, 0.3) is 0 Å². The maximum atomic E-state index is 12.5. The smallest absolute Gasteiger partial charge is 0.327 e. The highest BCUT2D eigenvalue weighted by atomic mass is 32.1. The van der Waals surface area contributed by atoms with Gasteiger partial charge in [-0.1, -0.05) is 13.8 Å². The SMILES string of the molecule is CC(C)C(NC(=O)C(NC(=O)C(N)CC(N)=O)C(C)O)C(=O)NC(CS)C(=O)O. The summed E-state index contributed by atoms with van der Waals surface area (Å²) in [6.45, 7) is 4.45. The van der Waals surface area contributed by atoms with Gasteiger partial charge >= 0.3 is 5.97 Å². The molecule has 0 aliphatic heterocycles. The van der Waals surface area contributed by atoms with Crippen molar-refractivity contribution in [2.24, 2.45) is 17.4 Å². The van der Waals surface area contributed by atoms with E-state index in [4.69, 9.17) is 16.6 Å². The number of amides is 4. The molecule has 0 saturated heterocycles. The van der Waals surface area contributed by atoms with Crippen LogP contribution in [0, 0.1) is 5.92 Å². The lowest BCUT2D eigenvalue weighted by atomic mass is 10.0. The molecule has 29 heavy (non-hydrogen) atoms. The number of aliphatic carboxylic acids is 1. The number of nitrogens with two attached hydrogens (primary N) is 2. The molecule has 0 aliphatic carbocycles. The number of primary amides is 1. The lowest BCUT2D eigenvalue weighted by Crippen LogP contribution is -2.61. The number of aliphatic hydroxyl groups excluding tert-OH is 1. The molecule has 0 aromatic rings. The summed E-state index contributed by atoms with van der Waals surface area (Å²) in [6.07, 6.45) is -1.82. The molecule has 5 unspecified atom stereocenters. The number of aliphatic hydroxyl groups is 1. The van der Waals surface area contributed by atoms with Crippen LogP contribution in [0.25, 0.3) is 0 Å². The van der Waals surface area contributed by atoms with Crippen molar-refractivity contribution >= 4 is 42.2 Å². The second-order valence-corrected chi connectivity index (χ2v) is 7.18. The number of hydrogen-bond donors (Lipinski definition) is 8. The van der Waals surface area contributed by atoms with Crippen LogP contribution in [0.3, 0.4) is 0 Å². The molecule has 166 valence electrons. The van der Waals surface area contributed by atoms with E-state index >= 15 is 0 Å². The van der Waals surface area contributed by atoms with Crippen molar-refractivity contribution in [2.75, 3.05) is 5.75 Å². The third-order valence-electron chi connectivity index (χ3n) is 3.86. The quantitative estimate of drug-likeness (QED) is 0.145. The summed E-state index contributed by atoms with van der Waals surface area (Å²) in [6, 6.07) is -5.21. The van der Waals surface area contributed by atoms with Gasteiger partial charge in [0.05, 0.1) is 18.6 Å². The molecule has 0 saturated carbocycles. The largest absolute Gasteiger partial charge is 0.480 e. The van der Waals surface area contributed by atoms with Gasteiger partial charge in [0, 0.05) is 5.75 Å². The fourth-order valence-corrected chi connectivity index (χ4v) is 2.45. The average molecular weight is 436 g/mol. The Bertz CT molecular complexity index is 629. The van der Waals surface area contributed by atoms with Crippen molar-refractivity contribution in [1.82, 2.24) is 16.0 Å². The predicted octanol–water partition coefficient (Wildman–Crippen LogP) is -3.31. The first kappa shape index (κ1) is 26.6. The molecule has 0 rings (SSSR count). The van der Waals surface area contributed by atoms with Gasteiger partial charge in [-0.15, -0.1) is 0 Å². The Morgan fingerprint density at radius 1 is 0.931 bits per heavy atom. The van der Waals surface area contributed by atoms with Gasteiger partial charge in [-0.05, 0) is 12.8 Å². The molecule has 9 N–H and O–H groups in total. The molecule has 12 nitrogen and oxygen atoms in total. The molecule has 5 atom stereocenters. The van der Waals surface area contributed by atoms with Gasteiger partial charge in [-0.25, -0.2) is 4.79 Å². The van der Waals surface area contributed by atoms with E-state index in [-0.39, 0.29) is 5.75 Å². The summed E-state index contributed by atoms with van der Waals surface area (Å²) >= 11 is 3.85. The first-order valence-electron chi connectivity index (χ1n) is 8.78. The van der Waals surface area contributed by atoms with E-state index in [0.29, 0.717) is 0 Å². The molecule has 0 spiro atoms. The molecule has 13 heteroatoms. The maximum absolute atomic E-state index is 12.5. The normalized spacial score (nSPS) is 16.1. The molecular weight excluding hydrogens is 406 g/mol. The lowest BCUT2D eigenvalue weighted by molar-refractivity contribution is -0.142. The highest BCUT2D eigenvalue weighted by molar-refractivity contribution is 7.80. The molecular formula is C16H29N5O7S. The molecule has 0 aromatic heterocycles. The summed E-state index contributed by atoms with van der Waals surface area (Å²) < 4.78 is 0. The molecule has 4 amide bonds. The third kappa shape index (κ3) is 9.11. The number of rotatable bonds is 12. The van der Waals surface area contributed by atoms with Crippen molar-refractivity contribution in [3.8, 4) is 0 Å². The van der Waals surface area contributed by atoms with E-state index < -0.39 is 72.2 Å². The number of carbonyl (C=O) groups excluding carboxylic acids is 4. The van der Waals surface area contributed by atoms with Gasteiger partial charge in [-0.3, -0.25) is 19.2 Å². The summed E-state index contributed by atoms with van der Waals surface area (Å²) in [4.78, 5) is 58.9. The van der Waals surface area contributed by atoms with E-state index in [2.05, 4.69) is 28.6 Å². The minimum atomic E-state index is -1.48. The zero-order valence-corrected chi connectivity index (χ0v) is 17.3. The van der Waals surface area contributed by atoms with Gasteiger partial charge < -0.3 is 37.6 Å². The van der Waals surface area contributed by atoms with Crippen LogP contribution in [0.2, 0.25) is 0 Å². The summed E-state index contributed by atoms with van der Waals surface area (Å²) in [5.74, 6) is -5.28. The zero-order chi connectivity index (χ0) is 22.9. The Hall–Kier alpha value is -2.38. The number of carbonyl (C=O) groups is 5. The fourth-order valence-electron chi connectivity index (χ4n) is 2.20. The topological polar surface area (TPSA) is 214 Å². The Balaban J connectivity index is 5.28. The van der Waals surface area contributed by atoms with Crippen molar-refractivity contribution in [3.63, 3.8) is 0 Å². The third-order valence-corrected chi connectivity index (χ3v) is 4.23. The minimum Gasteiger partial charge on any atom is -0.480 e. The highest BCUT2D eigenvalue weighted by Crippen LogP contribution is 2.05. The standard InChI is InChI=1S/C16H29N5O7S/c1-6(2)11(14(25)19-9(5-29)16(27)28)20-15(26)12(7(3)22)21-13(24)8(17)4-10(18)23/h6-9,11-12,22,29H,4-5,17H2,1-3H3,(H2,18,23)(H,19,25)(H,20,26)(H,21,24)(H,27,28). The second kappa shape index (κ2) is 12.2. The minimum absolute atomic E-state index is 0.163. The van der Waals surface area contributed by atoms with Crippen LogP contribution in [0.15, 0.2) is 0 Å². The van der Waals surface area contributed by atoms with Gasteiger partial charge in [0.2, 0.25) is 23.6 Å². The molecule has 0 aliphatic rings. The number of nitrogens with one attached hydrogen (secondary N) is 3. The van der Waals surface area contributed by atoms with Crippen LogP contribution in [0.5, 0.6) is 0 Å². The Labute approximate surface area is 173 Å². The van der Waals surface area contributed by atoms with Crippen LogP contribution < -0.4 is 27.4 Å². The summed E-state index contributed by atoms with van der Waals surface area (Å²) in [7, 11) is 0. The predicted molar refractivity (Wildman–Crippen MR) is 106 cm³/mol. The number of carboxylic acid groups (broad SMARTS) is 1. The van der Waals surface area contributed by atoms with Crippen LogP contribution in [0.1, 0.15) is 27.2 Å². The van der Waals surface area contributed by atoms with E-state index in [0.717, 1.165) is 0 Å². The molecule has 0 bridgehead atoms. The van der Waals surface area contributed by atoms with E-state index in [1.165, 1.54) is 6.92 Å². The number of hydrogen-bond acceptors (Lipinski definition) is 8. The van der Waals surface area contributed by atoms with Gasteiger partial charge in [-0.2, -0.15) is 12.6 Å². The summed E-state index contributed by atoms with van der Waals surface area (Å²) in [5.41, 5.74) is 10.5. The van der Waals surface area contributed by atoms with Gasteiger partial charge in [0.1, 0.15) is 18.1 Å². The fraction of sp³-hybridized carbons (Fsp3) is 0.688. The highest BCUT2D eigenvalue weighted by Gasteiger charge is 2.33. The van der Waals surface area contributed by atoms with E-state index in [9.17, 15) is 29.1 Å². The molecule has 0 radical (unpaired) electrons. The number of carboxylic acids is 1. The van der Waals surface area contributed by atoms with E-state index in [1.807, 2.05) is 0 Å². The monoisotopic (exact) mass is 435 g/mol. The van der Waals surface area contributed by atoms with Crippen molar-refractivity contribution in [2.45, 2.75) is 57.5 Å². The van der Waals surface area contributed by atoms with E-state index in [1.54, 1.807) is 13.8 Å². The van der Waals surface area contributed by atoms with Crippen LogP contribution in [0.4, 0.5) is 0 Å². The lowest BCUT2D eigenvalue weighted by Gasteiger charge is -2.27. The van der Waals surface area contributed by atoms with Crippen LogP contribution >= 0.6 is 12.6 Å². The Morgan fingerprint density at radius 3 is 1.79 bits per heavy atom. The van der Waals surface area contributed by atoms with Gasteiger partial charge in [0.15, 0.2) is 0 Å². The maximum Gasteiger partial charge on any atom is 0.327 e. The second-order valence-electron chi connectivity index (χ2n) is 6.82. The molecule has 0 fully saturated rings. The Kier molecular flexibility index (Phi) is 11.2. The Morgan fingerprint density at radius 2 is 1.41 bits per heavy atom. The van der Waals surface area contributed by atoms with Crippen LogP contribution in [-0.4, -0.2) is 75.8 Å². The zero-order valence-electron chi connectivity index (χ0n) is 16.4. The van der Waals surface area contributed by atoms with Crippen LogP contribution in [-0.2, 0) is 24.0 Å². The molecule has 0 aromatic carbocycles. The summed E-state index contributed by atoms with van der Waals surface area (Å²) in [5, 5.41) is 25.7. The average Bonchev–Trinajstić information content (AvgIpc) is 2.59. The van der Waals surface area contributed by atoms with Crippen molar-refractivity contribution < 1.29 is 34.2 Å². The van der Waals surface area contributed by atoms with Crippen molar-refractivity contribution in [3.05, 3.63) is 0 Å². The van der Waals surface area contributed by atoms with Crippen molar-refractivity contribution in [1.29, 1.82) is 0 Å².